The topological polar surface area (TPSA) is 180 Å². The maximum atomic E-state index is 13.6. The van der Waals surface area contributed by atoms with Crippen LogP contribution in [0.4, 0.5) is 0 Å². The molecule has 0 bridgehead atoms. The second kappa shape index (κ2) is 12.1. The van der Waals surface area contributed by atoms with Crippen LogP contribution in [0.25, 0.3) is 0 Å². The SMILES string of the molecule is Cc1ccc(S(=O)(=O)n2cnc(C[C@H](NC(=O)[C@@H]3CC(=O)N3)C(=O)N(CCO)C(=O)C3CCCCN3)c2)cc1. The molecule has 1 aromatic carbocycles. The number of aromatic nitrogens is 2. The number of imide groups is 1. The Morgan fingerprint density at radius 2 is 1.92 bits per heavy atom. The zero-order valence-electron chi connectivity index (χ0n) is 21.5. The average molecular weight is 561 g/mol. The van der Waals surface area contributed by atoms with E-state index in [-0.39, 0.29) is 35.9 Å². The zero-order valence-corrected chi connectivity index (χ0v) is 22.3. The number of amides is 4. The van der Waals surface area contributed by atoms with Crippen molar-refractivity contribution in [2.45, 2.75) is 62.0 Å². The Kier molecular flexibility index (Phi) is 8.77. The number of aliphatic hydroxyl groups is 1. The lowest BCUT2D eigenvalue weighted by molar-refractivity contribution is -0.150. The lowest BCUT2D eigenvalue weighted by Crippen LogP contribution is -2.62. The Labute approximate surface area is 226 Å². The van der Waals surface area contributed by atoms with Crippen molar-refractivity contribution >= 4 is 33.7 Å². The fourth-order valence-corrected chi connectivity index (χ4v) is 5.63. The second-order valence-electron chi connectivity index (χ2n) is 9.66. The van der Waals surface area contributed by atoms with E-state index in [2.05, 4.69) is 20.9 Å². The van der Waals surface area contributed by atoms with Crippen LogP contribution in [-0.2, 0) is 35.6 Å². The van der Waals surface area contributed by atoms with Crippen molar-refractivity contribution in [1.82, 2.24) is 29.8 Å². The van der Waals surface area contributed by atoms with E-state index in [1.54, 1.807) is 12.1 Å². The number of carbonyl (C=O) groups is 4. The summed E-state index contributed by atoms with van der Waals surface area (Å²) in [5.74, 6) is -2.21. The molecule has 2 aliphatic heterocycles. The van der Waals surface area contributed by atoms with Crippen molar-refractivity contribution in [2.75, 3.05) is 19.7 Å². The summed E-state index contributed by atoms with van der Waals surface area (Å²) < 4.78 is 27.0. The van der Waals surface area contributed by atoms with Gasteiger partial charge in [0.1, 0.15) is 18.4 Å². The van der Waals surface area contributed by atoms with Gasteiger partial charge in [-0.2, -0.15) is 0 Å². The first-order chi connectivity index (χ1) is 18.6. The van der Waals surface area contributed by atoms with E-state index in [0.29, 0.717) is 13.0 Å². The van der Waals surface area contributed by atoms with Crippen molar-refractivity contribution in [3.05, 3.63) is 48.0 Å². The first-order valence-corrected chi connectivity index (χ1v) is 14.2. The quantitative estimate of drug-likeness (QED) is 0.261. The molecular formula is C25H32N6O7S. The number of piperidine rings is 1. The molecule has 13 nitrogen and oxygen atoms in total. The Morgan fingerprint density at radius 1 is 1.21 bits per heavy atom. The van der Waals surface area contributed by atoms with Gasteiger partial charge in [-0.05, 0) is 38.4 Å². The van der Waals surface area contributed by atoms with Gasteiger partial charge in [-0.25, -0.2) is 17.4 Å². The molecule has 4 amide bonds. The molecule has 210 valence electrons. The van der Waals surface area contributed by atoms with Crippen LogP contribution in [0.15, 0.2) is 41.7 Å². The van der Waals surface area contributed by atoms with Crippen LogP contribution in [-0.4, -0.2) is 88.8 Å². The lowest BCUT2D eigenvalue weighted by atomic mass is 10.0. The molecule has 3 heterocycles. The number of rotatable bonds is 10. The van der Waals surface area contributed by atoms with Crippen LogP contribution in [0.3, 0.4) is 0 Å². The van der Waals surface area contributed by atoms with Gasteiger partial charge in [0.25, 0.3) is 15.9 Å². The van der Waals surface area contributed by atoms with Crippen molar-refractivity contribution < 1.29 is 32.7 Å². The summed E-state index contributed by atoms with van der Waals surface area (Å²) in [4.78, 5) is 56.0. The monoisotopic (exact) mass is 560 g/mol. The molecule has 4 N–H and O–H groups in total. The largest absolute Gasteiger partial charge is 0.395 e. The summed E-state index contributed by atoms with van der Waals surface area (Å²) in [7, 11) is -3.95. The molecule has 2 fully saturated rings. The minimum Gasteiger partial charge on any atom is -0.395 e. The second-order valence-corrected chi connectivity index (χ2v) is 11.5. The number of β-lactam (4-membered cyclic amide) rings is 1. The highest BCUT2D eigenvalue weighted by Gasteiger charge is 2.38. The first kappa shape index (κ1) is 28.4. The number of aryl methyl sites for hydroxylation is 1. The zero-order chi connectivity index (χ0) is 28.2. The molecule has 2 aromatic rings. The van der Waals surface area contributed by atoms with Crippen LogP contribution < -0.4 is 16.0 Å². The number of nitrogens with one attached hydrogen (secondary N) is 3. The van der Waals surface area contributed by atoms with E-state index in [9.17, 15) is 32.7 Å². The molecule has 0 saturated carbocycles. The molecule has 2 saturated heterocycles. The van der Waals surface area contributed by atoms with Gasteiger partial charge in [0.05, 0.1) is 36.2 Å². The van der Waals surface area contributed by atoms with Crippen molar-refractivity contribution in [2.24, 2.45) is 0 Å². The number of hydrogen-bond acceptors (Lipinski definition) is 9. The minimum atomic E-state index is -3.95. The molecular weight excluding hydrogens is 528 g/mol. The van der Waals surface area contributed by atoms with Crippen LogP contribution in [0, 0.1) is 6.92 Å². The molecule has 1 unspecified atom stereocenters. The predicted octanol–water partition coefficient (Wildman–Crippen LogP) is -1.17. The van der Waals surface area contributed by atoms with Gasteiger partial charge in [0, 0.05) is 12.6 Å². The summed E-state index contributed by atoms with van der Waals surface area (Å²) in [5.41, 5.74) is 1.07. The summed E-state index contributed by atoms with van der Waals surface area (Å²) in [5, 5.41) is 17.7. The van der Waals surface area contributed by atoms with Crippen LogP contribution in [0.5, 0.6) is 0 Å². The molecule has 0 aliphatic carbocycles. The third-order valence-electron chi connectivity index (χ3n) is 6.74. The molecule has 14 heteroatoms. The maximum Gasteiger partial charge on any atom is 0.268 e. The Balaban J connectivity index is 1.57. The summed E-state index contributed by atoms with van der Waals surface area (Å²) in [6, 6.07) is 3.55. The Hall–Kier alpha value is -3.62. The summed E-state index contributed by atoms with van der Waals surface area (Å²) in [6.45, 7) is 1.69. The number of benzene rings is 1. The van der Waals surface area contributed by atoms with E-state index in [4.69, 9.17) is 0 Å². The fourth-order valence-electron chi connectivity index (χ4n) is 4.48. The van der Waals surface area contributed by atoms with E-state index < -0.39 is 52.5 Å². The standard InChI is InChI=1S/C25H32N6O7S/c1-16-5-7-18(8-6-16)39(37,38)30-14-17(27-15-30)12-21(29-23(34)20-13-22(33)28-20)25(36)31(10-11-32)24(35)19-4-2-3-9-26-19/h5-8,14-15,19-21,26,32H,2-4,9-13H2,1H3,(H,28,33)(H,29,34)/t19?,20-,21-/m0/s1. The van der Waals surface area contributed by atoms with Crippen LogP contribution in [0.2, 0.25) is 0 Å². The van der Waals surface area contributed by atoms with Crippen molar-refractivity contribution in [1.29, 1.82) is 0 Å². The van der Waals surface area contributed by atoms with Crippen LogP contribution in [0.1, 0.15) is 36.9 Å². The van der Waals surface area contributed by atoms with Crippen LogP contribution >= 0.6 is 0 Å². The van der Waals surface area contributed by atoms with Gasteiger partial charge in [-0.1, -0.05) is 24.1 Å². The molecule has 0 radical (unpaired) electrons. The Bertz CT molecular complexity index is 1330. The highest BCUT2D eigenvalue weighted by molar-refractivity contribution is 7.90. The summed E-state index contributed by atoms with van der Waals surface area (Å²) in [6.07, 6.45) is 4.31. The van der Waals surface area contributed by atoms with Crippen molar-refractivity contribution in [3.8, 4) is 0 Å². The fraction of sp³-hybridized carbons (Fsp3) is 0.480. The van der Waals surface area contributed by atoms with Crippen molar-refractivity contribution in [3.63, 3.8) is 0 Å². The maximum absolute atomic E-state index is 13.6. The van der Waals surface area contributed by atoms with E-state index in [1.165, 1.54) is 18.3 Å². The van der Waals surface area contributed by atoms with Gasteiger partial charge in [0.15, 0.2) is 0 Å². The smallest absolute Gasteiger partial charge is 0.268 e. The molecule has 2 aliphatic rings. The molecule has 0 spiro atoms. The highest BCUT2D eigenvalue weighted by Crippen LogP contribution is 2.17. The lowest BCUT2D eigenvalue weighted by Gasteiger charge is -2.32. The third-order valence-corrected chi connectivity index (χ3v) is 8.37. The van der Waals surface area contributed by atoms with E-state index in [0.717, 1.165) is 33.6 Å². The summed E-state index contributed by atoms with van der Waals surface area (Å²) >= 11 is 0. The predicted molar refractivity (Wildman–Crippen MR) is 138 cm³/mol. The van der Waals surface area contributed by atoms with Gasteiger partial charge < -0.3 is 21.1 Å². The van der Waals surface area contributed by atoms with Gasteiger partial charge in [0.2, 0.25) is 17.7 Å². The molecule has 1 aromatic heterocycles. The molecule has 3 atom stereocenters. The first-order valence-electron chi connectivity index (χ1n) is 12.7. The average Bonchev–Trinajstić information content (AvgIpc) is 3.39. The number of aliphatic hydroxyl groups excluding tert-OH is 1. The van der Waals surface area contributed by atoms with Gasteiger partial charge in [-0.3, -0.25) is 24.1 Å². The van der Waals surface area contributed by atoms with E-state index in [1.807, 2.05) is 6.92 Å². The van der Waals surface area contributed by atoms with E-state index >= 15 is 0 Å². The number of imidazole rings is 1. The molecule has 4 rings (SSSR count). The highest BCUT2D eigenvalue weighted by atomic mass is 32.2. The Morgan fingerprint density at radius 3 is 2.54 bits per heavy atom. The van der Waals surface area contributed by atoms with Gasteiger partial charge >= 0.3 is 0 Å². The minimum absolute atomic E-state index is 0.0402. The normalized spacial score (nSPS) is 19.9. The number of hydrogen-bond donors (Lipinski definition) is 4. The third kappa shape index (κ3) is 6.52. The number of nitrogens with zero attached hydrogens (tertiary/aromatic N) is 3. The molecule has 39 heavy (non-hydrogen) atoms. The number of carbonyl (C=O) groups excluding carboxylic acids is 4. The van der Waals surface area contributed by atoms with Gasteiger partial charge in [-0.15, -0.1) is 0 Å².